The largest absolute Gasteiger partial charge is 0.376 e. The second kappa shape index (κ2) is 4.28. The third-order valence-electron chi connectivity index (χ3n) is 3.98. The Morgan fingerprint density at radius 1 is 1.41 bits per heavy atom. The maximum Gasteiger partial charge on any atom is 0.229 e. The minimum Gasteiger partial charge on any atom is -0.376 e. The molecule has 5 nitrogen and oxygen atoms in total. The summed E-state index contributed by atoms with van der Waals surface area (Å²) in [7, 11) is 0. The summed E-state index contributed by atoms with van der Waals surface area (Å²) in [5, 5.41) is 9.03. The zero-order valence-corrected chi connectivity index (χ0v) is 9.67. The number of rotatable bonds is 1. The van der Waals surface area contributed by atoms with Crippen LogP contribution in [0.4, 0.5) is 0 Å². The molecule has 0 N–H and O–H groups in total. The molecule has 1 amide bonds. The molecule has 0 aromatic rings. The summed E-state index contributed by atoms with van der Waals surface area (Å²) in [6, 6.07) is 1.72. The molecule has 92 valence electrons. The lowest BCUT2D eigenvalue weighted by molar-refractivity contribution is -0.143. The summed E-state index contributed by atoms with van der Waals surface area (Å²) in [5.41, 5.74) is 0. The molecule has 0 radical (unpaired) electrons. The number of nitrogens with zero attached hydrogens (tertiary/aromatic N) is 2. The van der Waals surface area contributed by atoms with Crippen LogP contribution < -0.4 is 0 Å². The Morgan fingerprint density at radius 3 is 2.94 bits per heavy atom. The maximum absolute atomic E-state index is 12.4. The van der Waals surface area contributed by atoms with Gasteiger partial charge in [-0.15, -0.1) is 0 Å². The number of carbonyl (C=O) groups excluding carboxylic acids is 1. The van der Waals surface area contributed by atoms with Crippen LogP contribution in [0, 0.1) is 17.2 Å². The van der Waals surface area contributed by atoms with Crippen LogP contribution in [0.25, 0.3) is 0 Å². The summed E-state index contributed by atoms with van der Waals surface area (Å²) in [6.07, 6.45) is 3.27. The maximum atomic E-state index is 12.4. The zero-order chi connectivity index (χ0) is 11.8. The lowest BCUT2D eigenvalue weighted by atomic mass is 9.88. The Bertz CT molecular complexity index is 365. The number of carbonyl (C=O) groups is 1. The first-order chi connectivity index (χ1) is 8.29. The van der Waals surface area contributed by atoms with Crippen LogP contribution in [0.5, 0.6) is 0 Å². The predicted octanol–water partition coefficient (Wildman–Crippen LogP) is 0.305. The summed E-state index contributed by atoms with van der Waals surface area (Å²) >= 11 is 0. The van der Waals surface area contributed by atoms with E-state index in [-0.39, 0.29) is 24.0 Å². The lowest BCUT2D eigenvalue weighted by Gasteiger charge is -2.34. The first-order valence-corrected chi connectivity index (χ1v) is 6.23. The van der Waals surface area contributed by atoms with Crippen molar-refractivity contribution in [2.24, 2.45) is 5.92 Å². The Kier molecular flexibility index (Phi) is 2.77. The first kappa shape index (κ1) is 11.0. The molecule has 3 rings (SSSR count). The van der Waals surface area contributed by atoms with Crippen LogP contribution in [0.1, 0.15) is 19.3 Å². The molecule has 3 aliphatic rings. The van der Waals surface area contributed by atoms with Gasteiger partial charge >= 0.3 is 0 Å². The smallest absolute Gasteiger partial charge is 0.229 e. The second-order valence-electron chi connectivity index (χ2n) is 4.97. The van der Waals surface area contributed by atoms with E-state index in [1.807, 2.05) is 0 Å². The number of fused-ring (bicyclic) bond motifs is 2. The third kappa shape index (κ3) is 1.81. The lowest BCUT2D eigenvalue weighted by Crippen LogP contribution is -2.51. The average Bonchev–Trinajstić information content (AvgIpc) is 3.00. The highest BCUT2D eigenvalue weighted by Crippen LogP contribution is 2.39. The number of hydrogen-bond donors (Lipinski definition) is 0. The summed E-state index contributed by atoms with van der Waals surface area (Å²) in [5.74, 6) is 0.0646. The standard InChI is InChI=1S/C12H16N2O3/c13-6-8-7-16-4-3-14(8)12(15)10-5-9-1-2-11(10)17-9/h8-11H,1-5,7H2/t8-,9-,10-,11-/m1/s1. The van der Waals surface area contributed by atoms with E-state index in [1.165, 1.54) is 0 Å². The summed E-state index contributed by atoms with van der Waals surface area (Å²) < 4.78 is 10.9. The topological polar surface area (TPSA) is 62.6 Å². The van der Waals surface area contributed by atoms with Gasteiger partial charge < -0.3 is 14.4 Å². The minimum absolute atomic E-state index is 0.0253. The van der Waals surface area contributed by atoms with E-state index in [1.54, 1.807) is 4.90 Å². The van der Waals surface area contributed by atoms with Crippen molar-refractivity contribution in [3.63, 3.8) is 0 Å². The fourth-order valence-electron chi connectivity index (χ4n) is 3.09. The van der Waals surface area contributed by atoms with Gasteiger partial charge in [0, 0.05) is 6.54 Å². The van der Waals surface area contributed by atoms with Crippen molar-refractivity contribution in [2.75, 3.05) is 19.8 Å². The molecule has 0 saturated carbocycles. The van der Waals surface area contributed by atoms with E-state index in [0.717, 1.165) is 19.3 Å². The minimum atomic E-state index is -0.421. The van der Waals surface area contributed by atoms with Crippen molar-refractivity contribution in [3.8, 4) is 6.07 Å². The van der Waals surface area contributed by atoms with Gasteiger partial charge in [-0.3, -0.25) is 4.79 Å². The van der Waals surface area contributed by atoms with Crippen molar-refractivity contribution in [1.29, 1.82) is 5.26 Å². The van der Waals surface area contributed by atoms with Crippen LogP contribution in [-0.4, -0.2) is 48.8 Å². The van der Waals surface area contributed by atoms with Gasteiger partial charge in [0.05, 0.1) is 37.4 Å². The molecule has 0 aromatic carbocycles. The molecule has 0 unspecified atom stereocenters. The van der Waals surface area contributed by atoms with Gasteiger partial charge in [-0.05, 0) is 19.3 Å². The molecule has 3 saturated heterocycles. The molecule has 0 spiro atoms. The highest BCUT2D eigenvalue weighted by atomic mass is 16.5. The van der Waals surface area contributed by atoms with Gasteiger partial charge in [-0.25, -0.2) is 0 Å². The molecule has 5 heteroatoms. The predicted molar refractivity (Wildman–Crippen MR) is 57.9 cm³/mol. The fraction of sp³-hybridized carbons (Fsp3) is 0.833. The Morgan fingerprint density at radius 2 is 2.29 bits per heavy atom. The quantitative estimate of drug-likeness (QED) is 0.657. The highest BCUT2D eigenvalue weighted by molar-refractivity contribution is 5.80. The van der Waals surface area contributed by atoms with E-state index < -0.39 is 6.04 Å². The molecule has 4 atom stereocenters. The normalized spacial score (nSPS) is 40.3. The van der Waals surface area contributed by atoms with E-state index in [9.17, 15) is 4.79 Å². The Labute approximate surface area is 100 Å². The monoisotopic (exact) mass is 236 g/mol. The van der Waals surface area contributed by atoms with Gasteiger partial charge in [0.15, 0.2) is 0 Å². The fourth-order valence-corrected chi connectivity index (χ4v) is 3.09. The zero-order valence-electron chi connectivity index (χ0n) is 9.67. The molecule has 2 bridgehead atoms. The number of nitriles is 1. The van der Waals surface area contributed by atoms with Gasteiger partial charge in [-0.1, -0.05) is 0 Å². The van der Waals surface area contributed by atoms with Crippen molar-refractivity contribution in [2.45, 2.75) is 37.5 Å². The van der Waals surface area contributed by atoms with Gasteiger partial charge in [0.25, 0.3) is 0 Å². The van der Waals surface area contributed by atoms with Gasteiger partial charge in [-0.2, -0.15) is 5.26 Å². The van der Waals surface area contributed by atoms with Crippen LogP contribution >= 0.6 is 0 Å². The Balaban J connectivity index is 1.71. The van der Waals surface area contributed by atoms with Gasteiger partial charge in [0.1, 0.15) is 6.04 Å². The number of amides is 1. The Hall–Kier alpha value is -1.12. The molecule has 3 aliphatic heterocycles. The van der Waals surface area contributed by atoms with Crippen LogP contribution in [0.15, 0.2) is 0 Å². The van der Waals surface area contributed by atoms with Crippen LogP contribution in [-0.2, 0) is 14.3 Å². The van der Waals surface area contributed by atoms with Crippen molar-refractivity contribution < 1.29 is 14.3 Å². The van der Waals surface area contributed by atoms with E-state index in [0.29, 0.717) is 19.8 Å². The molecule has 17 heavy (non-hydrogen) atoms. The van der Waals surface area contributed by atoms with Crippen LogP contribution in [0.2, 0.25) is 0 Å². The molecular formula is C12H16N2O3. The average molecular weight is 236 g/mol. The van der Waals surface area contributed by atoms with Crippen LogP contribution in [0.3, 0.4) is 0 Å². The second-order valence-corrected chi connectivity index (χ2v) is 4.97. The van der Waals surface area contributed by atoms with Gasteiger partial charge in [0.2, 0.25) is 5.91 Å². The third-order valence-corrected chi connectivity index (χ3v) is 3.98. The van der Waals surface area contributed by atoms with E-state index >= 15 is 0 Å². The number of ether oxygens (including phenoxy) is 2. The highest BCUT2D eigenvalue weighted by Gasteiger charge is 2.46. The first-order valence-electron chi connectivity index (χ1n) is 6.23. The van der Waals surface area contributed by atoms with Crippen molar-refractivity contribution >= 4 is 5.91 Å². The van der Waals surface area contributed by atoms with E-state index in [2.05, 4.69) is 6.07 Å². The number of morpholine rings is 1. The SMILES string of the molecule is N#C[C@@H]1COCCN1C(=O)[C@@H]1C[C@H]2CC[C@H]1O2. The molecule has 0 aromatic heterocycles. The molecular weight excluding hydrogens is 220 g/mol. The summed E-state index contributed by atoms with van der Waals surface area (Å²) in [6.45, 7) is 1.40. The molecule has 0 aliphatic carbocycles. The van der Waals surface area contributed by atoms with E-state index in [4.69, 9.17) is 14.7 Å². The summed E-state index contributed by atoms with van der Waals surface area (Å²) in [4.78, 5) is 14.1. The number of hydrogen-bond acceptors (Lipinski definition) is 4. The molecule has 3 fully saturated rings. The van der Waals surface area contributed by atoms with Crippen molar-refractivity contribution in [1.82, 2.24) is 4.90 Å². The molecule has 3 heterocycles. The van der Waals surface area contributed by atoms with Crippen molar-refractivity contribution in [3.05, 3.63) is 0 Å².